The summed E-state index contributed by atoms with van der Waals surface area (Å²) in [5.74, 6) is 0.594. The molecule has 82 valence electrons. The lowest BCUT2D eigenvalue weighted by atomic mass is 10.1. The van der Waals surface area contributed by atoms with E-state index in [1.54, 1.807) is 4.68 Å². The van der Waals surface area contributed by atoms with Gasteiger partial charge >= 0.3 is 5.97 Å². The van der Waals surface area contributed by atoms with Crippen LogP contribution in [0.4, 0.5) is 0 Å². The van der Waals surface area contributed by atoms with Crippen molar-refractivity contribution in [1.29, 1.82) is 0 Å². The molecule has 15 heavy (non-hydrogen) atoms. The molecular weight excluding hydrogens is 194 g/mol. The van der Waals surface area contributed by atoms with Gasteiger partial charge in [-0.05, 0) is 26.7 Å². The van der Waals surface area contributed by atoms with E-state index in [1.165, 1.54) is 6.33 Å². The van der Waals surface area contributed by atoms with Gasteiger partial charge in [0.1, 0.15) is 17.6 Å². The standard InChI is InChI=1S/C10H15N3O2/c1-3-13-8(11-7-12-13)10(5-6-10)9(14)15-4-2/h7H,3-6H2,1-2H3. The third-order valence-electron chi connectivity index (χ3n) is 2.76. The second kappa shape index (κ2) is 3.64. The first-order chi connectivity index (χ1) is 7.24. The largest absolute Gasteiger partial charge is 0.465 e. The lowest BCUT2D eigenvalue weighted by Crippen LogP contribution is -2.27. The number of hydrogen-bond donors (Lipinski definition) is 0. The van der Waals surface area contributed by atoms with Crippen molar-refractivity contribution in [1.82, 2.24) is 14.8 Å². The summed E-state index contributed by atoms with van der Waals surface area (Å²) >= 11 is 0. The Morgan fingerprint density at radius 3 is 2.87 bits per heavy atom. The summed E-state index contributed by atoms with van der Waals surface area (Å²) in [6, 6.07) is 0. The highest BCUT2D eigenvalue weighted by atomic mass is 16.5. The van der Waals surface area contributed by atoms with Crippen LogP contribution in [0.15, 0.2) is 6.33 Å². The van der Waals surface area contributed by atoms with Gasteiger partial charge in [0.15, 0.2) is 0 Å². The third-order valence-corrected chi connectivity index (χ3v) is 2.76. The van der Waals surface area contributed by atoms with Crippen LogP contribution in [0.5, 0.6) is 0 Å². The van der Waals surface area contributed by atoms with Gasteiger partial charge in [0, 0.05) is 6.54 Å². The summed E-state index contributed by atoms with van der Waals surface area (Å²) < 4.78 is 6.84. The summed E-state index contributed by atoms with van der Waals surface area (Å²) in [6.45, 7) is 4.95. The van der Waals surface area contributed by atoms with Gasteiger partial charge in [-0.3, -0.25) is 4.79 Å². The Kier molecular flexibility index (Phi) is 2.46. The van der Waals surface area contributed by atoms with Crippen molar-refractivity contribution in [3.8, 4) is 0 Å². The molecule has 1 saturated carbocycles. The van der Waals surface area contributed by atoms with E-state index in [1.807, 2.05) is 13.8 Å². The predicted molar refractivity (Wildman–Crippen MR) is 53.2 cm³/mol. The van der Waals surface area contributed by atoms with E-state index < -0.39 is 5.41 Å². The summed E-state index contributed by atoms with van der Waals surface area (Å²) in [7, 11) is 0. The molecule has 0 bridgehead atoms. The summed E-state index contributed by atoms with van der Waals surface area (Å²) in [5, 5.41) is 4.08. The zero-order valence-electron chi connectivity index (χ0n) is 9.06. The van der Waals surface area contributed by atoms with Crippen molar-refractivity contribution in [3.63, 3.8) is 0 Å². The monoisotopic (exact) mass is 209 g/mol. The van der Waals surface area contributed by atoms with Crippen LogP contribution in [0.1, 0.15) is 32.5 Å². The Morgan fingerprint density at radius 1 is 1.60 bits per heavy atom. The van der Waals surface area contributed by atoms with Crippen molar-refractivity contribution in [2.75, 3.05) is 6.61 Å². The van der Waals surface area contributed by atoms with Gasteiger partial charge in [-0.2, -0.15) is 5.10 Å². The second-order valence-corrected chi connectivity index (χ2v) is 3.70. The molecule has 1 aliphatic rings. The Hall–Kier alpha value is -1.39. The molecule has 0 saturated heterocycles. The zero-order chi connectivity index (χ0) is 10.9. The average Bonchev–Trinajstić information content (AvgIpc) is 2.91. The number of aryl methyl sites for hydroxylation is 1. The van der Waals surface area contributed by atoms with E-state index in [2.05, 4.69) is 10.1 Å². The fourth-order valence-corrected chi connectivity index (χ4v) is 1.78. The Morgan fingerprint density at radius 2 is 2.33 bits per heavy atom. The van der Waals surface area contributed by atoms with Crippen LogP contribution in [-0.2, 0) is 21.5 Å². The lowest BCUT2D eigenvalue weighted by Gasteiger charge is -2.13. The highest BCUT2D eigenvalue weighted by Gasteiger charge is 2.56. The highest BCUT2D eigenvalue weighted by molar-refractivity contribution is 5.85. The molecule has 0 aliphatic heterocycles. The number of rotatable bonds is 4. The first kappa shape index (κ1) is 10.1. The highest BCUT2D eigenvalue weighted by Crippen LogP contribution is 2.48. The topological polar surface area (TPSA) is 57.0 Å². The van der Waals surface area contributed by atoms with E-state index in [4.69, 9.17) is 4.74 Å². The molecule has 0 N–H and O–H groups in total. The Labute approximate surface area is 88.4 Å². The van der Waals surface area contributed by atoms with Gasteiger partial charge in [-0.15, -0.1) is 0 Å². The van der Waals surface area contributed by atoms with Crippen molar-refractivity contribution >= 4 is 5.97 Å². The van der Waals surface area contributed by atoms with Crippen LogP contribution in [0.3, 0.4) is 0 Å². The minimum absolute atomic E-state index is 0.160. The predicted octanol–water partition coefficient (Wildman–Crippen LogP) is 0.893. The number of aromatic nitrogens is 3. The van der Waals surface area contributed by atoms with E-state index in [0.717, 1.165) is 25.2 Å². The quantitative estimate of drug-likeness (QED) is 0.691. The van der Waals surface area contributed by atoms with E-state index >= 15 is 0 Å². The molecule has 0 amide bonds. The molecule has 1 heterocycles. The average molecular weight is 209 g/mol. The molecule has 1 fully saturated rings. The molecule has 0 unspecified atom stereocenters. The SMILES string of the molecule is CCOC(=O)C1(c2ncnn2CC)CC1. The van der Waals surface area contributed by atoms with Crippen LogP contribution in [0.25, 0.3) is 0 Å². The van der Waals surface area contributed by atoms with Gasteiger partial charge < -0.3 is 4.74 Å². The molecule has 1 aromatic rings. The number of carbonyl (C=O) groups excluding carboxylic acids is 1. The summed E-state index contributed by atoms with van der Waals surface area (Å²) in [6.07, 6.45) is 3.15. The summed E-state index contributed by atoms with van der Waals surface area (Å²) in [4.78, 5) is 16.0. The van der Waals surface area contributed by atoms with Crippen LogP contribution < -0.4 is 0 Å². The fourth-order valence-electron chi connectivity index (χ4n) is 1.78. The van der Waals surface area contributed by atoms with Gasteiger partial charge in [0.2, 0.25) is 0 Å². The first-order valence-corrected chi connectivity index (χ1v) is 5.30. The maximum atomic E-state index is 11.8. The van der Waals surface area contributed by atoms with Crippen LogP contribution >= 0.6 is 0 Å². The molecule has 5 nitrogen and oxygen atoms in total. The number of nitrogens with zero attached hydrogens (tertiary/aromatic N) is 3. The number of hydrogen-bond acceptors (Lipinski definition) is 4. The van der Waals surface area contributed by atoms with Crippen molar-refractivity contribution in [2.24, 2.45) is 0 Å². The Bertz CT molecular complexity index is 368. The zero-order valence-corrected chi connectivity index (χ0v) is 9.06. The van der Waals surface area contributed by atoms with Crippen LogP contribution in [-0.4, -0.2) is 27.3 Å². The molecule has 2 rings (SSSR count). The lowest BCUT2D eigenvalue weighted by molar-refractivity contribution is -0.146. The molecule has 5 heteroatoms. The molecule has 0 spiro atoms. The number of carbonyl (C=O) groups is 1. The van der Waals surface area contributed by atoms with E-state index in [0.29, 0.717) is 6.61 Å². The van der Waals surface area contributed by atoms with Crippen LogP contribution in [0.2, 0.25) is 0 Å². The minimum atomic E-state index is -0.498. The van der Waals surface area contributed by atoms with E-state index in [9.17, 15) is 4.79 Å². The molecule has 1 aliphatic carbocycles. The molecule has 0 atom stereocenters. The number of esters is 1. The minimum Gasteiger partial charge on any atom is -0.465 e. The van der Waals surface area contributed by atoms with Crippen LogP contribution in [0, 0.1) is 0 Å². The molecule has 1 aromatic heterocycles. The second-order valence-electron chi connectivity index (χ2n) is 3.70. The van der Waals surface area contributed by atoms with Gasteiger partial charge in [-0.1, -0.05) is 0 Å². The Balaban J connectivity index is 2.26. The fraction of sp³-hybridized carbons (Fsp3) is 0.700. The van der Waals surface area contributed by atoms with Crippen molar-refractivity contribution in [3.05, 3.63) is 12.2 Å². The first-order valence-electron chi connectivity index (χ1n) is 5.30. The van der Waals surface area contributed by atoms with Crippen molar-refractivity contribution in [2.45, 2.75) is 38.6 Å². The smallest absolute Gasteiger partial charge is 0.319 e. The maximum Gasteiger partial charge on any atom is 0.319 e. The summed E-state index contributed by atoms with van der Waals surface area (Å²) in [5.41, 5.74) is -0.498. The van der Waals surface area contributed by atoms with Gasteiger partial charge in [0.05, 0.1) is 6.61 Å². The van der Waals surface area contributed by atoms with Gasteiger partial charge in [-0.25, -0.2) is 9.67 Å². The normalized spacial score (nSPS) is 17.5. The van der Waals surface area contributed by atoms with Crippen molar-refractivity contribution < 1.29 is 9.53 Å². The molecular formula is C10H15N3O2. The maximum absolute atomic E-state index is 11.8. The third kappa shape index (κ3) is 1.52. The van der Waals surface area contributed by atoms with Gasteiger partial charge in [0.25, 0.3) is 0 Å². The number of ether oxygens (including phenoxy) is 1. The molecule has 0 aromatic carbocycles. The van der Waals surface area contributed by atoms with E-state index in [-0.39, 0.29) is 5.97 Å². The molecule has 0 radical (unpaired) electrons.